The molecule has 10 aromatic rings. The molecule has 89 heavy (non-hydrogen) atoms. The van der Waals surface area contributed by atoms with Crippen LogP contribution in [0.5, 0.6) is 0 Å². The van der Waals surface area contributed by atoms with E-state index >= 15 is 0 Å². The normalized spacial score (nSPS) is 12.8. The van der Waals surface area contributed by atoms with E-state index in [1.165, 1.54) is 128 Å². The zero-order valence-corrected chi connectivity index (χ0v) is 60.0. The van der Waals surface area contributed by atoms with Crippen LogP contribution in [0, 0.1) is 104 Å². The maximum absolute atomic E-state index is 6.19. The van der Waals surface area contributed by atoms with E-state index in [1.54, 1.807) is 0 Å². The van der Waals surface area contributed by atoms with E-state index in [1.807, 2.05) is 39.6 Å². The average Bonchev–Trinajstić information content (AvgIpc) is 1.57. The van der Waals surface area contributed by atoms with Gasteiger partial charge in [0, 0.05) is 44.5 Å². The summed E-state index contributed by atoms with van der Waals surface area (Å²) in [6, 6.07) is 65.0. The van der Waals surface area contributed by atoms with Crippen LogP contribution >= 0.6 is 38.8 Å². The summed E-state index contributed by atoms with van der Waals surface area (Å²) >= 11 is -3.75. The third-order valence-electron chi connectivity index (χ3n) is 16.4. The first-order chi connectivity index (χ1) is 42.5. The molecule has 10 heteroatoms. The van der Waals surface area contributed by atoms with Crippen LogP contribution in [0.4, 0.5) is 22.7 Å². The van der Waals surface area contributed by atoms with Gasteiger partial charge in [0.2, 0.25) is 48.9 Å². The van der Waals surface area contributed by atoms with Gasteiger partial charge < -0.3 is 0 Å². The van der Waals surface area contributed by atoms with E-state index in [0.29, 0.717) is 0 Å². The van der Waals surface area contributed by atoms with Crippen molar-refractivity contribution in [1.29, 1.82) is 0 Å². The molecule has 0 atom stereocenters. The Morgan fingerprint density at radius 1 is 0.348 bits per heavy atom. The van der Waals surface area contributed by atoms with Gasteiger partial charge in [0.05, 0.1) is 0 Å². The molecule has 0 aliphatic carbocycles. The molecule has 12 rings (SSSR count). The summed E-state index contributed by atoms with van der Waals surface area (Å²) in [6.07, 6.45) is 0. The number of fused-ring (bicyclic) bond motifs is 2. The fourth-order valence-electron chi connectivity index (χ4n) is 13.2. The van der Waals surface area contributed by atoms with Crippen molar-refractivity contribution in [3.63, 3.8) is 0 Å². The Morgan fingerprint density at radius 2 is 0.708 bits per heavy atom. The molecule has 2 heterocycles. The van der Waals surface area contributed by atoms with Crippen LogP contribution in [0.15, 0.2) is 164 Å². The molecule has 0 saturated heterocycles. The zero-order valence-electron chi connectivity index (χ0n) is 53.5. The molecular weight excluding hydrogens is 1350 g/mol. The Balaban J connectivity index is 0.000000142. The van der Waals surface area contributed by atoms with Crippen molar-refractivity contribution in [2.24, 2.45) is 0 Å². The number of halogens is 4. The van der Waals surface area contributed by atoms with Crippen LogP contribution in [0.25, 0.3) is 43.8 Å². The van der Waals surface area contributed by atoms with Crippen LogP contribution in [0.3, 0.4) is 0 Å². The van der Waals surface area contributed by atoms with E-state index in [9.17, 15) is 0 Å². The zero-order chi connectivity index (χ0) is 64.0. The van der Waals surface area contributed by atoms with E-state index in [2.05, 4.69) is 268 Å². The van der Waals surface area contributed by atoms with Gasteiger partial charge in [-0.05, 0) is 132 Å². The molecule has 0 aromatic heterocycles. The van der Waals surface area contributed by atoms with Gasteiger partial charge in [0.25, 0.3) is 0 Å². The molecule has 0 saturated carbocycles. The van der Waals surface area contributed by atoms with E-state index in [-0.39, 0.29) is 0 Å². The van der Waals surface area contributed by atoms with Crippen molar-refractivity contribution in [2.45, 2.75) is 90.0 Å². The summed E-state index contributed by atoms with van der Waals surface area (Å²) in [5.74, 6) is 0. The number of hydrogen-bond acceptors (Lipinski definition) is 0. The molecule has 2 aliphatic rings. The van der Waals surface area contributed by atoms with Crippen molar-refractivity contribution in [3.05, 3.63) is 272 Å². The van der Waals surface area contributed by atoms with Gasteiger partial charge in [-0.3, -0.25) is 0 Å². The monoisotopic (exact) mass is 1430 g/mol. The summed E-state index contributed by atoms with van der Waals surface area (Å²) in [4.78, 5) is 0. The fourth-order valence-corrected chi connectivity index (χ4v) is 16.9. The van der Waals surface area contributed by atoms with E-state index in [4.69, 9.17) is 38.8 Å². The number of benzene rings is 10. The van der Waals surface area contributed by atoms with Crippen molar-refractivity contribution in [1.82, 2.24) is 0 Å². The molecule has 458 valence electrons. The van der Waals surface area contributed by atoms with Crippen LogP contribution in [-0.4, -0.2) is 65.7 Å². The maximum atomic E-state index is 6.19. The molecule has 0 radical (unpaired) electrons. The quantitative estimate of drug-likeness (QED) is 0.0817. The van der Waals surface area contributed by atoms with Crippen LogP contribution in [0.1, 0.15) is 94.6 Å². The van der Waals surface area contributed by atoms with Gasteiger partial charge in [0.1, 0.15) is 0 Å². The first-order valence-corrected chi connectivity index (χ1v) is 40.9. The van der Waals surface area contributed by atoms with Gasteiger partial charge in [-0.2, -0.15) is 0 Å². The topological polar surface area (TPSA) is 12.0 Å². The second kappa shape index (κ2) is 29.5. The SMILES string of the molecule is Cc1cc(C)c([N+]2=C=[N+](c3c(C)cc(C)cc3C)CC2)c(C)c1.Cc1cc(C)c([N+]2=C=[N+](c3c(C)cc(C)cc3C)CC2)c(C)c1.[CH2-]c1c([CH]=[Ru]([Cl])[Cl])cc2ccccc2c1-c1c(C)ccc2ccccc12.[CH2-]c1c([CH]=[Ru]([Cl])[Cl])cccc1-c1ccccc1. The van der Waals surface area contributed by atoms with Gasteiger partial charge in [0.15, 0.2) is 0 Å². The van der Waals surface area contributed by atoms with Gasteiger partial charge in [-0.25, -0.2) is 0 Å². The van der Waals surface area contributed by atoms with E-state index < -0.39 is 27.0 Å². The molecule has 0 fully saturated rings. The summed E-state index contributed by atoms with van der Waals surface area (Å²) in [6.45, 7) is 40.8. The molecular formula is C79H80Cl4N4Ru2+2. The first-order valence-electron chi connectivity index (χ1n) is 29.9. The second-order valence-electron chi connectivity index (χ2n) is 23.7. The Morgan fingerprint density at radius 3 is 1.11 bits per heavy atom. The number of nitrogens with zero attached hydrogens (tertiary/aromatic N) is 4. The fraction of sp³-hybridized carbons (Fsp3) is 0.215. The summed E-state index contributed by atoms with van der Waals surface area (Å²) < 4.78 is 13.0. The molecule has 4 nitrogen and oxygen atoms in total. The Bertz CT molecular complexity index is 4230. The van der Waals surface area contributed by atoms with Crippen LogP contribution in [-0.2, 0) is 27.0 Å². The minimum absolute atomic E-state index is 0.984. The molecule has 2 aliphatic heterocycles. The molecule has 0 amide bonds. The van der Waals surface area contributed by atoms with Gasteiger partial charge in [-0.1, -0.05) is 40.6 Å². The van der Waals surface area contributed by atoms with Crippen molar-refractivity contribution in [3.8, 4) is 22.3 Å². The van der Waals surface area contributed by atoms with Crippen LogP contribution in [0.2, 0.25) is 0 Å². The summed E-state index contributed by atoms with van der Waals surface area (Å²) in [5.41, 5.74) is 31.1. The summed E-state index contributed by atoms with van der Waals surface area (Å²) in [7, 11) is 24.2. The molecule has 0 spiro atoms. The number of hydrogen-bond donors (Lipinski definition) is 0. The van der Waals surface area contributed by atoms with Crippen molar-refractivity contribution >= 4 is 104 Å². The second-order valence-corrected chi connectivity index (χ2v) is 35.1. The molecule has 0 N–H and O–H groups in total. The predicted molar refractivity (Wildman–Crippen MR) is 378 cm³/mol. The third kappa shape index (κ3) is 15.8. The number of rotatable bonds is 8. The van der Waals surface area contributed by atoms with E-state index in [0.717, 1.165) is 59.6 Å². The molecule has 10 aromatic carbocycles. The average molecular weight is 1430 g/mol. The number of aryl methyl sites for hydroxylation is 13. The standard InChI is InChI=1S/C23H17.2C21H26N2.C14H11.4ClH.2Ru/c1-15-12-13-18-8-4-6-10-20(18)22(15)23-17(3)16(2)14-19-9-5-7-11-21(19)23;2*1-14-9-16(3)20(17(4)10-14)22-7-8-23(13-22)21-18(5)11-15(2)12-19(21)6;1-11-7-6-10-14(12(11)2)13-8-4-3-5-9-13;;;;;;/h2,4-14H,3H2,1H3;2*9-12H,7-8H2,1-6H3;1,3-10H,2H2;4*1H;;/q-1;2*+2;-1;;;;;2*+2/p-4. The first kappa shape index (κ1) is 66.8. The van der Waals surface area contributed by atoms with Crippen molar-refractivity contribution in [2.75, 3.05) is 26.2 Å². The van der Waals surface area contributed by atoms with Crippen LogP contribution < -0.4 is 0 Å². The van der Waals surface area contributed by atoms with Gasteiger partial charge >= 0.3 is 295 Å². The predicted octanol–water partition coefficient (Wildman–Crippen LogP) is 21.3. The summed E-state index contributed by atoms with van der Waals surface area (Å²) in [5, 5.41) is 4.85. The Kier molecular flexibility index (Phi) is 22.2. The molecule has 0 bridgehead atoms. The van der Waals surface area contributed by atoms with Crippen molar-refractivity contribution < 1.29 is 45.3 Å². The third-order valence-corrected chi connectivity index (χ3v) is 20.1. The van der Waals surface area contributed by atoms with Gasteiger partial charge in [-0.15, -0.1) is 0 Å². The minimum atomic E-state index is -1.95. The Hall–Kier alpha value is -6.63. The molecule has 0 unspecified atom stereocenters. The Labute approximate surface area is 555 Å².